The molecule has 1 N–H and O–H groups in total. The predicted octanol–water partition coefficient (Wildman–Crippen LogP) is 3.22. The summed E-state index contributed by atoms with van der Waals surface area (Å²) >= 11 is 0. The first-order chi connectivity index (χ1) is 6.50. The van der Waals surface area contributed by atoms with Crippen molar-refractivity contribution in [3.05, 3.63) is 0 Å². The molecule has 0 aromatic carbocycles. The molecule has 4 unspecified atom stereocenters. The molecule has 0 aromatic heterocycles. The zero-order chi connectivity index (χ0) is 10.3. The molecule has 2 saturated carbocycles. The second-order valence-electron chi connectivity index (χ2n) is 6.21. The molecule has 82 valence electrons. The maximum Gasteiger partial charge on any atom is 0.0540 e. The molecule has 0 saturated heterocycles. The third-order valence-electron chi connectivity index (χ3n) is 4.88. The van der Waals surface area contributed by atoms with Gasteiger partial charge in [-0.2, -0.15) is 0 Å². The van der Waals surface area contributed by atoms with Crippen LogP contribution in [-0.2, 0) is 0 Å². The monoisotopic (exact) mass is 196 g/mol. The Hall–Kier alpha value is -0.0400. The summed E-state index contributed by atoms with van der Waals surface area (Å²) in [4.78, 5) is 0. The third-order valence-corrected chi connectivity index (χ3v) is 4.88. The predicted molar refractivity (Wildman–Crippen MR) is 59.0 cm³/mol. The number of hydrogen-bond donors (Lipinski definition) is 1. The third kappa shape index (κ3) is 1.71. The summed E-state index contributed by atoms with van der Waals surface area (Å²) in [5, 5.41) is 9.67. The van der Waals surface area contributed by atoms with Crippen LogP contribution in [0.2, 0.25) is 0 Å². The molecule has 2 fully saturated rings. The number of hydrogen-bond acceptors (Lipinski definition) is 1. The lowest BCUT2D eigenvalue weighted by molar-refractivity contribution is 0.0438. The molecule has 0 heterocycles. The smallest absolute Gasteiger partial charge is 0.0540 e. The molecule has 1 heteroatoms. The fourth-order valence-corrected chi connectivity index (χ4v) is 3.75. The van der Waals surface area contributed by atoms with Gasteiger partial charge in [0.25, 0.3) is 0 Å². The molecular weight excluding hydrogens is 172 g/mol. The van der Waals surface area contributed by atoms with Crippen LogP contribution in [-0.4, -0.2) is 11.2 Å². The van der Waals surface area contributed by atoms with Gasteiger partial charge >= 0.3 is 0 Å². The first kappa shape index (κ1) is 10.5. The normalized spacial score (nSPS) is 43.3. The Bertz CT molecular complexity index is 207. The molecule has 0 aromatic rings. The Morgan fingerprint density at radius 3 is 2.57 bits per heavy atom. The zero-order valence-electron chi connectivity index (χ0n) is 9.79. The summed E-state index contributed by atoms with van der Waals surface area (Å²) in [7, 11) is 0. The summed E-state index contributed by atoms with van der Waals surface area (Å²) in [6, 6.07) is 0. The lowest BCUT2D eigenvalue weighted by Gasteiger charge is -2.39. The van der Waals surface area contributed by atoms with Crippen LogP contribution in [0.5, 0.6) is 0 Å². The van der Waals surface area contributed by atoms with Crippen LogP contribution in [0.25, 0.3) is 0 Å². The van der Waals surface area contributed by atoms with Crippen molar-refractivity contribution < 1.29 is 5.11 Å². The van der Waals surface area contributed by atoms with Gasteiger partial charge in [-0.15, -0.1) is 0 Å². The summed E-state index contributed by atoms with van der Waals surface area (Å²) in [6.45, 7) is 6.80. The van der Waals surface area contributed by atoms with Gasteiger partial charge < -0.3 is 5.11 Å². The minimum absolute atomic E-state index is 0.0904. The summed E-state index contributed by atoms with van der Waals surface area (Å²) in [6.07, 6.45) is 6.64. The molecule has 2 aliphatic carbocycles. The maximum absolute atomic E-state index is 9.67. The molecule has 0 spiro atoms. The highest BCUT2D eigenvalue weighted by molar-refractivity contribution is 4.95. The molecule has 0 aliphatic heterocycles. The van der Waals surface area contributed by atoms with Crippen molar-refractivity contribution >= 4 is 0 Å². The maximum atomic E-state index is 9.67. The molecule has 2 rings (SSSR count). The van der Waals surface area contributed by atoms with E-state index in [0.717, 1.165) is 11.8 Å². The van der Waals surface area contributed by atoms with Gasteiger partial charge in [-0.05, 0) is 62.2 Å². The topological polar surface area (TPSA) is 20.2 Å². The standard InChI is InChI=1S/C13H24O/c1-9(14)11-5-4-10-6-7-13(2,3)12(10)8-11/h9-12,14H,4-8H2,1-3H3. The van der Waals surface area contributed by atoms with Crippen LogP contribution in [0.15, 0.2) is 0 Å². The van der Waals surface area contributed by atoms with Crippen LogP contribution in [0.1, 0.15) is 52.9 Å². The average molecular weight is 196 g/mol. The molecule has 2 aliphatic rings. The van der Waals surface area contributed by atoms with Gasteiger partial charge in [0.1, 0.15) is 0 Å². The zero-order valence-corrected chi connectivity index (χ0v) is 9.79. The van der Waals surface area contributed by atoms with Crippen LogP contribution < -0.4 is 0 Å². The van der Waals surface area contributed by atoms with Gasteiger partial charge in [0.2, 0.25) is 0 Å². The molecule has 0 bridgehead atoms. The van der Waals surface area contributed by atoms with E-state index in [1.807, 2.05) is 6.92 Å². The lowest BCUT2D eigenvalue weighted by Crippen LogP contribution is -2.33. The van der Waals surface area contributed by atoms with Gasteiger partial charge in [-0.25, -0.2) is 0 Å². The Kier molecular flexibility index (Phi) is 2.63. The van der Waals surface area contributed by atoms with Gasteiger partial charge in [-0.1, -0.05) is 13.8 Å². The molecule has 0 amide bonds. The van der Waals surface area contributed by atoms with Gasteiger partial charge in [0, 0.05) is 0 Å². The van der Waals surface area contributed by atoms with Crippen molar-refractivity contribution in [3.8, 4) is 0 Å². The van der Waals surface area contributed by atoms with Crippen molar-refractivity contribution in [2.75, 3.05) is 0 Å². The number of aliphatic hydroxyl groups excluding tert-OH is 1. The minimum atomic E-state index is -0.0904. The van der Waals surface area contributed by atoms with Crippen LogP contribution >= 0.6 is 0 Å². The van der Waals surface area contributed by atoms with Crippen molar-refractivity contribution in [2.24, 2.45) is 23.2 Å². The molecule has 1 nitrogen and oxygen atoms in total. The van der Waals surface area contributed by atoms with Crippen molar-refractivity contribution in [2.45, 2.75) is 59.0 Å². The van der Waals surface area contributed by atoms with E-state index < -0.39 is 0 Å². The Labute approximate surface area is 87.9 Å². The van der Waals surface area contributed by atoms with E-state index in [1.54, 1.807) is 0 Å². The number of aliphatic hydroxyl groups is 1. The van der Waals surface area contributed by atoms with Crippen LogP contribution in [0.3, 0.4) is 0 Å². The van der Waals surface area contributed by atoms with E-state index in [9.17, 15) is 5.11 Å². The number of fused-ring (bicyclic) bond motifs is 1. The Morgan fingerprint density at radius 2 is 1.93 bits per heavy atom. The first-order valence-electron chi connectivity index (χ1n) is 6.19. The number of rotatable bonds is 1. The van der Waals surface area contributed by atoms with Crippen LogP contribution in [0.4, 0.5) is 0 Å². The molecule has 14 heavy (non-hydrogen) atoms. The summed E-state index contributed by atoms with van der Waals surface area (Å²) in [5.74, 6) is 2.43. The molecular formula is C13H24O. The second-order valence-corrected chi connectivity index (χ2v) is 6.21. The Balaban J connectivity index is 2.05. The van der Waals surface area contributed by atoms with E-state index in [4.69, 9.17) is 0 Å². The molecule has 0 radical (unpaired) electrons. The molecule has 4 atom stereocenters. The van der Waals surface area contributed by atoms with Gasteiger partial charge in [0.05, 0.1) is 6.10 Å². The highest BCUT2D eigenvalue weighted by Crippen LogP contribution is 2.54. The highest BCUT2D eigenvalue weighted by atomic mass is 16.3. The van der Waals surface area contributed by atoms with Crippen molar-refractivity contribution in [1.29, 1.82) is 0 Å². The fraction of sp³-hybridized carbons (Fsp3) is 1.00. The van der Waals surface area contributed by atoms with E-state index in [0.29, 0.717) is 11.3 Å². The summed E-state index contributed by atoms with van der Waals surface area (Å²) in [5.41, 5.74) is 0.540. The van der Waals surface area contributed by atoms with Gasteiger partial charge in [-0.3, -0.25) is 0 Å². The van der Waals surface area contributed by atoms with Crippen LogP contribution in [0, 0.1) is 23.2 Å². The highest BCUT2D eigenvalue weighted by Gasteiger charge is 2.45. The quantitative estimate of drug-likeness (QED) is 0.682. The van der Waals surface area contributed by atoms with Gasteiger partial charge in [0.15, 0.2) is 0 Å². The minimum Gasteiger partial charge on any atom is -0.393 e. The lowest BCUT2D eigenvalue weighted by atomic mass is 9.67. The van der Waals surface area contributed by atoms with E-state index in [2.05, 4.69) is 13.8 Å². The second kappa shape index (κ2) is 3.52. The summed E-state index contributed by atoms with van der Waals surface area (Å²) < 4.78 is 0. The van der Waals surface area contributed by atoms with E-state index in [-0.39, 0.29) is 6.10 Å². The first-order valence-corrected chi connectivity index (χ1v) is 6.19. The van der Waals surface area contributed by atoms with E-state index >= 15 is 0 Å². The Morgan fingerprint density at radius 1 is 1.21 bits per heavy atom. The van der Waals surface area contributed by atoms with Crippen molar-refractivity contribution in [1.82, 2.24) is 0 Å². The van der Waals surface area contributed by atoms with Crippen molar-refractivity contribution in [3.63, 3.8) is 0 Å². The SMILES string of the molecule is CC(O)C1CCC2CCC(C)(C)C2C1. The average Bonchev–Trinajstić information content (AvgIpc) is 2.42. The van der Waals surface area contributed by atoms with E-state index in [1.165, 1.54) is 32.1 Å². The fourth-order valence-electron chi connectivity index (χ4n) is 3.75. The largest absolute Gasteiger partial charge is 0.393 e.